The largest absolute Gasteiger partial charge is 0.388 e. The van der Waals surface area contributed by atoms with Gasteiger partial charge in [-0.15, -0.1) is 5.26 Å². The van der Waals surface area contributed by atoms with Crippen LogP contribution in [0.15, 0.2) is 91.2 Å². The predicted octanol–water partition coefficient (Wildman–Crippen LogP) is 6.36. The van der Waals surface area contributed by atoms with E-state index in [0.717, 1.165) is 17.1 Å². The molecule has 0 atom stereocenters. The van der Waals surface area contributed by atoms with Crippen molar-refractivity contribution >= 4 is 11.4 Å². The monoisotopic (exact) mass is 332 g/mol. The third-order valence-electron chi connectivity index (χ3n) is 3.16. The summed E-state index contributed by atoms with van der Waals surface area (Å²) < 4.78 is 4.84. The van der Waals surface area contributed by atoms with Gasteiger partial charge in [-0.3, -0.25) is 0 Å². The summed E-state index contributed by atoms with van der Waals surface area (Å²) in [7, 11) is 0. The molecule has 0 amide bonds. The summed E-state index contributed by atoms with van der Waals surface area (Å²) >= 11 is 0. The summed E-state index contributed by atoms with van der Waals surface area (Å²) in [6, 6.07) is 17.4. The van der Waals surface area contributed by atoms with Crippen molar-refractivity contribution in [3.63, 3.8) is 0 Å². The topological polar surface area (TPSA) is 36.3 Å². The van der Waals surface area contributed by atoms with Gasteiger partial charge in [0.2, 0.25) is 0 Å². The highest BCUT2D eigenvalue weighted by molar-refractivity contribution is 5.70. The summed E-state index contributed by atoms with van der Waals surface area (Å²) in [6.07, 6.45) is 9.40. The predicted molar refractivity (Wildman–Crippen MR) is 106 cm³/mol. The van der Waals surface area contributed by atoms with Gasteiger partial charge in [-0.1, -0.05) is 50.8 Å². The van der Waals surface area contributed by atoms with E-state index in [9.17, 15) is 0 Å². The van der Waals surface area contributed by atoms with Gasteiger partial charge in [0.1, 0.15) is 5.75 Å². The van der Waals surface area contributed by atoms with E-state index in [4.69, 9.17) is 10.00 Å². The van der Waals surface area contributed by atoms with Crippen LogP contribution in [0, 0.1) is 11.5 Å². The Hall–Kier alpha value is -3.25. The van der Waals surface area contributed by atoms with Gasteiger partial charge in [-0.2, -0.15) is 0 Å². The fourth-order valence-electron chi connectivity index (χ4n) is 2.24. The summed E-state index contributed by atoms with van der Waals surface area (Å²) in [5.41, 5.74) is 2.99. The molecule has 0 N–H and O–H groups in total. The van der Waals surface area contributed by atoms with Crippen LogP contribution < -0.4 is 9.64 Å². The zero-order valence-corrected chi connectivity index (χ0v) is 15.0. The minimum Gasteiger partial charge on any atom is -0.388 e. The Bertz CT molecular complexity index is 738. The fourth-order valence-corrected chi connectivity index (χ4v) is 2.24. The first-order valence-corrected chi connectivity index (χ1v) is 8.26. The fraction of sp³-hybridized carbons (Fsp3) is 0.136. The van der Waals surface area contributed by atoms with E-state index in [1.54, 1.807) is 24.5 Å². The number of hydrogen-bond donors (Lipinski definition) is 0. The molecule has 128 valence electrons. The zero-order chi connectivity index (χ0) is 18.5. The number of nitrogens with zero attached hydrogens (tertiary/aromatic N) is 2. The van der Waals surface area contributed by atoms with Crippen molar-refractivity contribution in [1.29, 1.82) is 5.26 Å². The number of anilines is 2. The summed E-state index contributed by atoms with van der Waals surface area (Å²) in [5.74, 6) is 0.518. The molecule has 3 heteroatoms. The number of ether oxygens (including phenoxy) is 1. The molecule has 0 bridgehead atoms. The van der Waals surface area contributed by atoms with E-state index < -0.39 is 0 Å². The highest BCUT2D eigenvalue weighted by Gasteiger charge is 2.12. The highest BCUT2D eigenvalue weighted by atomic mass is 16.5. The molecule has 2 aromatic carbocycles. The van der Waals surface area contributed by atoms with E-state index in [2.05, 4.69) is 11.5 Å². The lowest BCUT2D eigenvalue weighted by Gasteiger charge is -2.26. The van der Waals surface area contributed by atoms with Crippen molar-refractivity contribution in [2.45, 2.75) is 20.8 Å². The SMILES string of the molecule is C=C/C=C(\C=C/C)N(c1ccccc1)c1ccc(OC#N)cc1.CC. The van der Waals surface area contributed by atoms with E-state index in [-0.39, 0.29) is 0 Å². The first-order chi connectivity index (χ1) is 12.3. The van der Waals surface area contributed by atoms with Gasteiger partial charge in [-0.25, -0.2) is 0 Å². The highest BCUT2D eigenvalue weighted by Crippen LogP contribution is 2.31. The lowest BCUT2D eigenvalue weighted by atomic mass is 10.2. The van der Waals surface area contributed by atoms with Gasteiger partial charge in [-0.05, 0) is 55.5 Å². The molecule has 0 aliphatic heterocycles. The van der Waals surface area contributed by atoms with Crippen LogP contribution in [0.3, 0.4) is 0 Å². The summed E-state index contributed by atoms with van der Waals surface area (Å²) in [6.45, 7) is 9.77. The molecule has 3 nitrogen and oxygen atoms in total. The Morgan fingerprint density at radius 1 is 1.04 bits per heavy atom. The van der Waals surface area contributed by atoms with Crippen molar-refractivity contribution in [2.75, 3.05) is 4.90 Å². The Morgan fingerprint density at radius 3 is 2.16 bits per heavy atom. The van der Waals surface area contributed by atoms with Crippen LogP contribution in [0.5, 0.6) is 5.75 Å². The third kappa shape index (κ3) is 5.71. The zero-order valence-electron chi connectivity index (χ0n) is 15.0. The first kappa shape index (κ1) is 19.8. The molecule has 2 aromatic rings. The van der Waals surface area contributed by atoms with E-state index in [1.165, 1.54) is 0 Å². The lowest BCUT2D eigenvalue weighted by molar-refractivity contribution is 0.507. The van der Waals surface area contributed by atoms with Crippen LogP contribution in [0.1, 0.15) is 20.8 Å². The maximum atomic E-state index is 8.59. The molecule has 0 heterocycles. The first-order valence-electron chi connectivity index (χ1n) is 8.26. The van der Waals surface area contributed by atoms with Crippen molar-refractivity contribution in [1.82, 2.24) is 0 Å². The van der Waals surface area contributed by atoms with Crippen LogP contribution in [0.2, 0.25) is 0 Å². The van der Waals surface area contributed by atoms with Crippen LogP contribution in [-0.4, -0.2) is 0 Å². The Balaban J connectivity index is 0.00000151. The molecule has 0 aliphatic carbocycles. The second kappa shape index (κ2) is 11.3. The van der Waals surface area contributed by atoms with Gasteiger partial charge < -0.3 is 9.64 Å². The molecule has 2 rings (SSSR count). The second-order valence-electron chi connectivity index (χ2n) is 4.69. The van der Waals surface area contributed by atoms with E-state index in [0.29, 0.717) is 5.75 Å². The average Bonchev–Trinajstić information content (AvgIpc) is 2.66. The normalized spacial score (nSPS) is 10.4. The third-order valence-corrected chi connectivity index (χ3v) is 3.16. The van der Waals surface area contributed by atoms with Gasteiger partial charge in [0.05, 0.1) is 0 Å². The summed E-state index contributed by atoms with van der Waals surface area (Å²) in [4.78, 5) is 2.11. The molecular formula is C22H24N2O. The van der Waals surface area contributed by atoms with Crippen molar-refractivity contribution in [3.8, 4) is 12.0 Å². The lowest BCUT2D eigenvalue weighted by Crippen LogP contribution is -2.14. The van der Waals surface area contributed by atoms with Crippen LogP contribution in [0.4, 0.5) is 11.4 Å². The molecular weight excluding hydrogens is 308 g/mol. The molecule has 0 unspecified atom stereocenters. The van der Waals surface area contributed by atoms with Crippen LogP contribution >= 0.6 is 0 Å². The number of hydrogen-bond acceptors (Lipinski definition) is 3. The average molecular weight is 332 g/mol. The molecule has 25 heavy (non-hydrogen) atoms. The van der Waals surface area contributed by atoms with Crippen molar-refractivity contribution in [2.24, 2.45) is 0 Å². The van der Waals surface area contributed by atoms with E-state index >= 15 is 0 Å². The van der Waals surface area contributed by atoms with Crippen molar-refractivity contribution in [3.05, 3.63) is 91.2 Å². The number of allylic oxidation sites excluding steroid dienone is 4. The summed E-state index contributed by atoms with van der Waals surface area (Å²) in [5, 5.41) is 8.59. The van der Waals surface area contributed by atoms with Crippen LogP contribution in [-0.2, 0) is 0 Å². The number of para-hydroxylation sites is 1. The standard InChI is InChI=1S/C20H18N2O.C2H6/c1-3-8-17(9-4-2)22(18-10-6-5-7-11-18)19-12-14-20(15-13-19)23-16-21;1-2/h3-15H,1H2,2H3;1-2H3/b9-4-,17-8+;. The van der Waals surface area contributed by atoms with Gasteiger partial charge in [0.25, 0.3) is 6.26 Å². The molecule has 0 saturated heterocycles. The molecule has 0 fully saturated rings. The molecule has 0 radical (unpaired) electrons. The Labute approximate surface area is 150 Å². The number of nitriles is 1. The maximum absolute atomic E-state index is 8.59. The molecule has 0 spiro atoms. The van der Waals surface area contributed by atoms with Gasteiger partial charge in [0.15, 0.2) is 0 Å². The minimum absolute atomic E-state index is 0.518. The van der Waals surface area contributed by atoms with E-state index in [1.807, 2.05) is 81.5 Å². The van der Waals surface area contributed by atoms with Gasteiger partial charge >= 0.3 is 0 Å². The van der Waals surface area contributed by atoms with Crippen molar-refractivity contribution < 1.29 is 4.74 Å². The van der Waals surface area contributed by atoms with Gasteiger partial charge in [0, 0.05) is 17.1 Å². The minimum atomic E-state index is 0.518. The van der Waals surface area contributed by atoms with Crippen LogP contribution in [0.25, 0.3) is 0 Å². The second-order valence-corrected chi connectivity index (χ2v) is 4.69. The number of rotatable bonds is 6. The molecule has 0 aliphatic rings. The quantitative estimate of drug-likeness (QED) is 0.456. The Kier molecular flexibility index (Phi) is 8.96. The number of benzene rings is 2. The smallest absolute Gasteiger partial charge is 0.292 e. The molecule has 0 saturated carbocycles. The Morgan fingerprint density at radius 2 is 1.64 bits per heavy atom. The molecule has 0 aromatic heterocycles. The maximum Gasteiger partial charge on any atom is 0.292 e.